The van der Waals surface area contributed by atoms with Crippen LogP contribution in [-0.2, 0) is 15.9 Å². The minimum atomic E-state index is -3.80. The first-order valence-electron chi connectivity index (χ1n) is 7.18. The van der Waals surface area contributed by atoms with Crippen LogP contribution in [0.2, 0.25) is 0 Å². The molecule has 118 valence electrons. The molecule has 1 fully saturated rings. The van der Waals surface area contributed by atoms with Gasteiger partial charge >= 0.3 is 0 Å². The van der Waals surface area contributed by atoms with Gasteiger partial charge in [-0.2, -0.15) is 4.31 Å². The van der Waals surface area contributed by atoms with Crippen molar-refractivity contribution in [1.82, 2.24) is 4.31 Å². The van der Waals surface area contributed by atoms with E-state index in [4.69, 9.17) is 11.6 Å². The summed E-state index contributed by atoms with van der Waals surface area (Å²) in [6, 6.07) is 4.01. The zero-order valence-corrected chi connectivity index (χ0v) is 13.9. The van der Waals surface area contributed by atoms with Crippen LogP contribution in [-0.4, -0.2) is 25.8 Å². The second-order valence-corrected chi connectivity index (χ2v) is 8.08. The van der Waals surface area contributed by atoms with Gasteiger partial charge in [-0.3, -0.25) is 0 Å². The summed E-state index contributed by atoms with van der Waals surface area (Å²) in [6.07, 6.45) is 3.81. The Hall–Kier alpha value is -0.650. The van der Waals surface area contributed by atoms with Crippen molar-refractivity contribution in [2.75, 3.05) is 7.05 Å². The maximum absolute atomic E-state index is 14.1. The Morgan fingerprint density at radius 3 is 2.67 bits per heavy atom. The molecule has 0 amide bonds. The Bertz CT molecular complexity index is 606. The van der Waals surface area contributed by atoms with Crippen LogP contribution in [0.1, 0.15) is 38.2 Å². The van der Waals surface area contributed by atoms with Crippen molar-refractivity contribution in [3.8, 4) is 0 Å². The molecule has 2 rings (SSSR count). The van der Waals surface area contributed by atoms with Crippen LogP contribution in [0.5, 0.6) is 0 Å². The molecule has 1 aromatic rings. The molecule has 0 spiro atoms. The van der Waals surface area contributed by atoms with Gasteiger partial charge in [0.2, 0.25) is 10.0 Å². The number of rotatable bonds is 4. The average molecular weight is 334 g/mol. The average Bonchev–Trinajstić information content (AvgIpc) is 2.45. The zero-order valence-electron chi connectivity index (χ0n) is 12.4. The summed E-state index contributed by atoms with van der Waals surface area (Å²) >= 11 is 5.64. The number of hydrogen-bond acceptors (Lipinski definition) is 2. The number of nitrogens with zero attached hydrogens (tertiary/aromatic N) is 1. The number of halogens is 2. The second kappa shape index (κ2) is 6.63. The Morgan fingerprint density at radius 2 is 2.10 bits per heavy atom. The molecule has 0 heterocycles. The highest BCUT2D eigenvalue weighted by Gasteiger charge is 2.32. The van der Waals surface area contributed by atoms with Gasteiger partial charge in [0.1, 0.15) is 10.7 Å². The fourth-order valence-corrected chi connectivity index (χ4v) is 4.53. The zero-order chi connectivity index (χ0) is 15.6. The number of sulfonamides is 1. The lowest BCUT2D eigenvalue weighted by atomic mass is 9.87. The van der Waals surface area contributed by atoms with E-state index in [0.717, 1.165) is 25.7 Å². The lowest BCUT2D eigenvalue weighted by Gasteiger charge is -2.33. The Labute approximate surface area is 131 Å². The summed E-state index contributed by atoms with van der Waals surface area (Å²) in [5.41, 5.74) is 0.571. The van der Waals surface area contributed by atoms with E-state index in [9.17, 15) is 12.8 Å². The Kier molecular flexibility index (Phi) is 5.28. The molecule has 0 aromatic heterocycles. The molecule has 1 aromatic carbocycles. The predicted octanol–water partition coefficient (Wildman–Crippen LogP) is 3.76. The first-order valence-corrected chi connectivity index (χ1v) is 9.16. The van der Waals surface area contributed by atoms with Gasteiger partial charge in [-0.15, -0.1) is 11.6 Å². The predicted molar refractivity (Wildman–Crippen MR) is 82.3 cm³/mol. The lowest BCUT2D eigenvalue weighted by Crippen LogP contribution is -2.40. The molecule has 0 N–H and O–H groups in total. The van der Waals surface area contributed by atoms with Gasteiger partial charge in [0, 0.05) is 19.0 Å². The van der Waals surface area contributed by atoms with Crippen LogP contribution >= 0.6 is 11.6 Å². The quantitative estimate of drug-likeness (QED) is 0.787. The van der Waals surface area contributed by atoms with E-state index in [1.165, 1.54) is 16.4 Å². The first-order chi connectivity index (χ1) is 9.86. The summed E-state index contributed by atoms with van der Waals surface area (Å²) in [4.78, 5) is -0.267. The number of alkyl halides is 1. The van der Waals surface area contributed by atoms with Crippen molar-refractivity contribution >= 4 is 21.6 Å². The Morgan fingerprint density at radius 1 is 1.38 bits per heavy atom. The smallest absolute Gasteiger partial charge is 0.207 e. The lowest BCUT2D eigenvalue weighted by molar-refractivity contribution is 0.238. The summed E-state index contributed by atoms with van der Waals surface area (Å²) in [6.45, 7) is 2.13. The van der Waals surface area contributed by atoms with Gasteiger partial charge in [0.25, 0.3) is 0 Å². The van der Waals surface area contributed by atoms with E-state index >= 15 is 0 Å². The minimum absolute atomic E-state index is 0.0501. The van der Waals surface area contributed by atoms with Crippen molar-refractivity contribution < 1.29 is 12.8 Å². The third-order valence-electron chi connectivity index (χ3n) is 4.23. The van der Waals surface area contributed by atoms with Crippen molar-refractivity contribution in [3.63, 3.8) is 0 Å². The molecule has 2 unspecified atom stereocenters. The molecule has 6 heteroatoms. The third-order valence-corrected chi connectivity index (χ3v) is 6.48. The molecular formula is C15H21ClFNO2S. The third kappa shape index (κ3) is 3.58. The van der Waals surface area contributed by atoms with Gasteiger partial charge in [-0.25, -0.2) is 12.8 Å². The maximum Gasteiger partial charge on any atom is 0.245 e. The highest BCUT2D eigenvalue weighted by atomic mass is 35.5. The standard InChI is InChI=1S/C15H21ClFNO2S/c1-11-4-3-5-13(8-11)18(2)21(19,20)15-7-6-12(10-16)9-14(15)17/h6-7,9,11,13H,3-5,8,10H2,1-2H3. The molecule has 1 aliphatic rings. The fourth-order valence-electron chi connectivity index (χ4n) is 2.92. The van der Waals surface area contributed by atoms with Crippen LogP contribution in [0, 0.1) is 11.7 Å². The molecule has 1 aliphatic carbocycles. The van der Waals surface area contributed by atoms with Crippen LogP contribution < -0.4 is 0 Å². The van der Waals surface area contributed by atoms with Crippen LogP contribution in [0.15, 0.2) is 23.1 Å². The van der Waals surface area contributed by atoms with Gasteiger partial charge in [0.05, 0.1) is 0 Å². The van der Waals surface area contributed by atoms with Gasteiger partial charge in [-0.05, 0) is 36.5 Å². The molecule has 2 atom stereocenters. The molecule has 0 bridgehead atoms. The molecule has 0 radical (unpaired) electrons. The normalized spacial score (nSPS) is 23.5. The topological polar surface area (TPSA) is 37.4 Å². The van der Waals surface area contributed by atoms with E-state index in [-0.39, 0.29) is 16.8 Å². The van der Waals surface area contributed by atoms with Crippen molar-refractivity contribution in [2.24, 2.45) is 5.92 Å². The number of benzene rings is 1. The van der Waals surface area contributed by atoms with Gasteiger partial charge in [0.15, 0.2) is 0 Å². The molecule has 1 saturated carbocycles. The molecule has 21 heavy (non-hydrogen) atoms. The van der Waals surface area contributed by atoms with Crippen molar-refractivity contribution in [3.05, 3.63) is 29.6 Å². The molecule has 3 nitrogen and oxygen atoms in total. The van der Waals surface area contributed by atoms with E-state index < -0.39 is 15.8 Å². The maximum atomic E-state index is 14.1. The van der Waals surface area contributed by atoms with Crippen LogP contribution in [0.25, 0.3) is 0 Å². The minimum Gasteiger partial charge on any atom is -0.207 e. The molecule has 0 aliphatic heterocycles. The van der Waals surface area contributed by atoms with Crippen molar-refractivity contribution in [1.29, 1.82) is 0 Å². The highest BCUT2D eigenvalue weighted by Crippen LogP contribution is 2.30. The van der Waals surface area contributed by atoms with Crippen LogP contribution in [0.4, 0.5) is 4.39 Å². The Balaban J connectivity index is 2.28. The monoisotopic (exact) mass is 333 g/mol. The second-order valence-electron chi connectivity index (χ2n) is 5.85. The fraction of sp³-hybridized carbons (Fsp3) is 0.600. The van der Waals surface area contributed by atoms with Crippen LogP contribution in [0.3, 0.4) is 0 Å². The summed E-state index contributed by atoms with van der Waals surface area (Å²) in [5.74, 6) is -0.0681. The molecule has 0 saturated heterocycles. The first kappa shape index (κ1) is 16.7. The van der Waals surface area contributed by atoms with E-state index in [1.54, 1.807) is 13.1 Å². The van der Waals surface area contributed by atoms with Gasteiger partial charge in [-0.1, -0.05) is 25.8 Å². The number of hydrogen-bond donors (Lipinski definition) is 0. The summed E-state index contributed by atoms with van der Waals surface area (Å²) in [5, 5.41) is 0. The van der Waals surface area contributed by atoms with E-state index in [1.807, 2.05) is 0 Å². The van der Waals surface area contributed by atoms with E-state index in [0.29, 0.717) is 11.5 Å². The highest BCUT2D eigenvalue weighted by molar-refractivity contribution is 7.89. The SMILES string of the molecule is CC1CCCC(N(C)S(=O)(=O)c2ccc(CCl)cc2F)C1. The molecular weight excluding hydrogens is 313 g/mol. The summed E-state index contributed by atoms with van der Waals surface area (Å²) < 4.78 is 40.6. The van der Waals surface area contributed by atoms with Gasteiger partial charge < -0.3 is 0 Å². The summed E-state index contributed by atoms with van der Waals surface area (Å²) in [7, 11) is -2.25. The largest absolute Gasteiger partial charge is 0.245 e. The van der Waals surface area contributed by atoms with Crippen molar-refractivity contribution in [2.45, 2.75) is 49.4 Å². The van der Waals surface area contributed by atoms with E-state index in [2.05, 4.69) is 6.92 Å².